The second-order valence-electron chi connectivity index (χ2n) is 3.66. The molecule has 0 saturated carbocycles. The number of imidazole rings is 1. The first kappa shape index (κ1) is 9.77. The van der Waals surface area contributed by atoms with Gasteiger partial charge in [0.25, 0.3) is 0 Å². The molecule has 0 fully saturated rings. The number of hydrogen-bond acceptors (Lipinski definition) is 3. The molecule has 0 amide bonds. The highest BCUT2D eigenvalue weighted by atomic mass is 19.1. The van der Waals surface area contributed by atoms with Gasteiger partial charge in [-0.2, -0.15) is 0 Å². The number of rotatable bonds is 1. The van der Waals surface area contributed by atoms with Gasteiger partial charge in [-0.05, 0) is 24.3 Å². The standard InChI is InChI=1S/C12H9FN4/c13-9-3-1-8(2-4-9)10-7-16-12-11(14)15-5-6-17(10)12/h1-7H,(H2,14,15). The van der Waals surface area contributed by atoms with Crippen molar-refractivity contribution in [1.29, 1.82) is 0 Å². The van der Waals surface area contributed by atoms with E-state index in [-0.39, 0.29) is 5.82 Å². The summed E-state index contributed by atoms with van der Waals surface area (Å²) in [5, 5.41) is 0. The fraction of sp³-hybridized carbons (Fsp3) is 0. The molecule has 0 saturated heterocycles. The lowest BCUT2D eigenvalue weighted by molar-refractivity contribution is 0.628. The molecule has 0 spiro atoms. The summed E-state index contributed by atoms with van der Waals surface area (Å²) in [6, 6.07) is 6.24. The number of nitrogen functional groups attached to an aromatic ring is 1. The minimum atomic E-state index is -0.260. The van der Waals surface area contributed by atoms with E-state index in [1.165, 1.54) is 12.1 Å². The fourth-order valence-electron chi connectivity index (χ4n) is 1.77. The summed E-state index contributed by atoms with van der Waals surface area (Å²) in [5.74, 6) is 0.115. The smallest absolute Gasteiger partial charge is 0.180 e. The number of benzene rings is 1. The van der Waals surface area contributed by atoms with Crippen molar-refractivity contribution in [1.82, 2.24) is 14.4 Å². The van der Waals surface area contributed by atoms with Gasteiger partial charge in [0.1, 0.15) is 5.82 Å². The molecule has 5 heteroatoms. The van der Waals surface area contributed by atoms with Crippen LogP contribution in [0.2, 0.25) is 0 Å². The third-order valence-corrected chi connectivity index (χ3v) is 2.60. The van der Waals surface area contributed by atoms with E-state index in [0.29, 0.717) is 11.5 Å². The molecule has 3 aromatic rings. The molecule has 0 aliphatic carbocycles. The zero-order valence-electron chi connectivity index (χ0n) is 8.84. The third-order valence-electron chi connectivity index (χ3n) is 2.60. The van der Waals surface area contributed by atoms with Gasteiger partial charge < -0.3 is 5.73 Å². The Labute approximate surface area is 96.6 Å². The molecule has 0 radical (unpaired) electrons. The second kappa shape index (κ2) is 3.55. The highest BCUT2D eigenvalue weighted by molar-refractivity contribution is 5.68. The van der Waals surface area contributed by atoms with Crippen LogP contribution in [0.25, 0.3) is 16.9 Å². The van der Waals surface area contributed by atoms with Gasteiger partial charge in [0.05, 0.1) is 11.9 Å². The molecule has 0 bridgehead atoms. The molecule has 2 N–H and O–H groups in total. The summed E-state index contributed by atoms with van der Waals surface area (Å²) in [6.45, 7) is 0. The maximum atomic E-state index is 12.9. The van der Waals surface area contributed by atoms with Gasteiger partial charge >= 0.3 is 0 Å². The summed E-state index contributed by atoms with van der Waals surface area (Å²) >= 11 is 0. The third kappa shape index (κ3) is 1.52. The Balaban J connectivity index is 2.24. The van der Waals surface area contributed by atoms with Crippen LogP contribution in [0.5, 0.6) is 0 Å². The molecule has 1 aromatic carbocycles. The summed E-state index contributed by atoms with van der Waals surface area (Å²) in [6.07, 6.45) is 5.08. The normalized spacial score (nSPS) is 10.9. The summed E-state index contributed by atoms with van der Waals surface area (Å²) < 4.78 is 14.7. The minimum Gasteiger partial charge on any atom is -0.381 e. The lowest BCUT2D eigenvalue weighted by Gasteiger charge is -2.02. The molecular formula is C12H9FN4. The molecule has 4 nitrogen and oxygen atoms in total. The van der Waals surface area contributed by atoms with Crippen LogP contribution >= 0.6 is 0 Å². The molecule has 0 atom stereocenters. The van der Waals surface area contributed by atoms with Crippen molar-refractivity contribution in [2.75, 3.05) is 5.73 Å². The lowest BCUT2D eigenvalue weighted by atomic mass is 10.2. The van der Waals surface area contributed by atoms with E-state index in [2.05, 4.69) is 9.97 Å². The molecular weight excluding hydrogens is 219 g/mol. The van der Waals surface area contributed by atoms with Crippen molar-refractivity contribution in [3.05, 3.63) is 48.7 Å². The number of nitrogens with zero attached hydrogens (tertiary/aromatic N) is 3. The maximum Gasteiger partial charge on any atom is 0.180 e. The molecule has 17 heavy (non-hydrogen) atoms. The van der Waals surface area contributed by atoms with Crippen LogP contribution in [0, 0.1) is 5.82 Å². The van der Waals surface area contributed by atoms with Crippen LogP contribution in [0.1, 0.15) is 0 Å². The Morgan fingerprint density at radius 1 is 1.12 bits per heavy atom. The predicted molar refractivity (Wildman–Crippen MR) is 62.8 cm³/mol. The number of halogens is 1. The highest BCUT2D eigenvalue weighted by Crippen LogP contribution is 2.22. The fourth-order valence-corrected chi connectivity index (χ4v) is 1.77. The Morgan fingerprint density at radius 2 is 1.88 bits per heavy atom. The van der Waals surface area contributed by atoms with Crippen molar-refractivity contribution in [3.8, 4) is 11.3 Å². The second-order valence-corrected chi connectivity index (χ2v) is 3.66. The SMILES string of the molecule is Nc1nccn2c(-c3ccc(F)cc3)cnc12. The van der Waals surface area contributed by atoms with Crippen LogP contribution in [0.15, 0.2) is 42.9 Å². The Morgan fingerprint density at radius 3 is 2.65 bits per heavy atom. The molecule has 2 heterocycles. The Hall–Kier alpha value is -2.43. The molecule has 84 valence electrons. The van der Waals surface area contributed by atoms with Gasteiger partial charge in [-0.25, -0.2) is 14.4 Å². The van der Waals surface area contributed by atoms with Gasteiger partial charge in [-0.3, -0.25) is 4.40 Å². The Bertz CT molecular complexity index is 673. The van der Waals surface area contributed by atoms with Crippen LogP contribution < -0.4 is 5.73 Å². The number of aromatic nitrogens is 3. The minimum absolute atomic E-state index is 0.260. The summed E-state index contributed by atoms with van der Waals surface area (Å²) in [7, 11) is 0. The number of hydrogen-bond donors (Lipinski definition) is 1. The van der Waals surface area contributed by atoms with Crippen LogP contribution in [0.4, 0.5) is 10.2 Å². The van der Waals surface area contributed by atoms with Gasteiger partial charge in [-0.1, -0.05) is 0 Å². The van der Waals surface area contributed by atoms with E-state index in [4.69, 9.17) is 5.73 Å². The number of anilines is 1. The molecule has 3 rings (SSSR count). The van der Waals surface area contributed by atoms with Crippen LogP contribution in [-0.4, -0.2) is 14.4 Å². The predicted octanol–water partition coefficient (Wildman–Crippen LogP) is 2.12. The number of fused-ring (bicyclic) bond motifs is 1. The van der Waals surface area contributed by atoms with E-state index in [9.17, 15) is 4.39 Å². The zero-order chi connectivity index (χ0) is 11.8. The van der Waals surface area contributed by atoms with Crippen molar-refractivity contribution in [3.63, 3.8) is 0 Å². The van der Waals surface area contributed by atoms with Gasteiger partial charge in [0.2, 0.25) is 0 Å². The molecule has 0 aliphatic heterocycles. The summed E-state index contributed by atoms with van der Waals surface area (Å²) in [5.41, 5.74) is 8.06. The Kier molecular flexibility index (Phi) is 2.04. The monoisotopic (exact) mass is 228 g/mol. The van der Waals surface area contributed by atoms with Crippen LogP contribution in [-0.2, 0) is 0 Å². The average molecular weight is 228 g/mol. The van der Waals surface area contributed by atoms with Gasteiger partial charge in [0.15, 0.2) is 11.5 Å². The lowest BCUT2D eigenvalue weighted by Crippen LogP contribution is -1.96. The largest absolute Gasteiger partial charge is 0.381 e. The zero-order valence-corrected chi connectivity index (χ0v) is 8.84. The van der Waals surface area contributed by atoms with E-state index in [1.54, 1.807) is 30.7 Å². The van der Waals surface area contributed by atoms with E-state index < -0.39 is 0 Å². The van der Waals surface area contributed by atoms with Crippen molar-refractivity contribution in [2.24, 2.45) is 0 Å². The number of nitrogens with two attached hydrogens (primary N) is 1. The van der Waals surface area contributed by atoms with Crippen LogP contribution in [0.3, 0.4) is 0 Å². The van der Waals surface area contributed by atoms with E-state index >= 15 is 0 Å². The van der Waals surface area contributed by atoms with Crippen molar-refractivity contribution in [2.45, 2.75) is 0 Å². The van der Waals surface area contributed by atoms with E-state index in [0.717, 1.165) is 11.3 Å². The first-order valence-corrected chi connectivity index (χ1v) is 5.09. The highest BCUT2D eigenvalue weighted by Gasteiger charge is 2.07. The quantitative estimate of drug-likeness (QED) is 0.694. The molecule has 0 aliphatic rings. The molecule has 0 unspecified atom stereocenters. The van der Waals surface area contributed by atoms with Crippen molar-refractivity contribution < 1.29 is 4.39 Å². The topological polar surface area (TPSA) is 56.2 Å². The average Bonchev–Trinajstić information content (AvgIpc) is 2.75. The van der Waals surface area contributed by atoms with E-state index in [1.807, 2.05) is 4.40 Å². The molecule has 2 aromatic heterocycles. The van der Waals surface area contributed by atoms with Crippen molar-refractivity contribution >= 4 is 11.5 Å². The van der Waals surface area contributed by atoms with Gasteiger partial charge in [-0.15, -0.1) is 0 Å². The first-order chi connectivity index (χ1) is 8.25. The summed E-state index contributed by atoms with van der Waals surface area (Å²) in [4.78, 5) is 8.16. The van der Waals surface area contributed by atoms with Gasteiger partial charge in [0, 0.05) is 18.0 Å². The first-order valence-electron chi connectivity index (χ1n) is 5.09. The maximum absolute atomic E-state index is 12.9.